The fraction of sp³-hybridized carbons (Fsp3) is 0.333. The number of nitrogens with zero attached hydrogens (tertiary/aromatic N) is 6. The lowest BCUT2D eigenvalue weighted by Crippen LogP contribution is -2.56. The molecule has 29 heavy (non-hydrogen) atoms. The molecule has 1 saturated heterocycles. The van der Waals surface area contributed by atoms with Crippen molar-refractivity contribution >= 4 is 34.3 Å². The number of halogens is 2. The Bertz CT molecular complexity index is 1140. The first-order chi connectivity index (χ1) is 13.7. The molecule has 0 bridgehead atoms. The molecule has 150 valence electrons. The second-order valence-corrected chi connectivity index (χ2v) is 7.10. The molecule has 0 aliphatic carbocycles. The maximum absolute atomic E-state index is 13.5. The number of nitrogens with one attached hydrogen (secondary N) is 1. The predicted molar refractivity (Wildman–Crippen MR) is 105 cm³/mol. The lowest BCUT2D eigenvalue weighted by Gasteiger charge is -2.41. The number of pyridine rings is 1. The fourth-order valence-corrected chi connectivity index (χ4v) is 3.43. The lowest BCUT2D eigenvalue weighted by atomic mass is 10.1. The first-order valence-corrected chi connectivity index (χ1v) is 8.87. The minimum absolute atomic E-state index is 0.0382. The Morgan fingerprint density at radius 1 is 1.28 bits per heavy atom. The van der Waals surface area contributed by atoms with E-state index in [1.807, 2.05) is 36.0 Å². The number of hydrogen-bond donors (Lipinski definition) is 3. The SMILES string of the molecule is C[C@@H](Nc1nc(N)nc(N)c1C#N)c1nc2ccn(C)c2cc1N1CC(F)(F)C1. The van der Waals surface area contributed by atoms with Crippen LogP contribution in [-0.4, -0.2) is 38.5 Å². The molecular weight excluding hydrogens is 380 g/mol. The van der Waals surface area contributed by atoms with Crippen molar-refractivity contribution in [2.45, 2.75) is 18.9 Å². The highest BCUT2D eigenvalue weighted by molar-refractivity contribution is 5.81. The summed E-state index contributed by atoms with van der Waals surface area (Å²) >= 11 is 0. The third-order valence-electron chi connectivity index (χ3n) is 4.89. The Morgan fingerprint density at radius 2 is 2.00 bits per heavy atom. The molecule has 0 saturated carbocycles. The maximum atomic E-state index is 13.5. The summed E-state index contributed by atoms with van der Waals surface area (Å²) in [5, 5.41) is 12.4. The number of rotatable bonds is 4. The van der Waals surface area contributed by atoms with Gasteiger partial charge in [0.15, 0.2) is 5.82 Å². The molecule has 1 fully saturated rings. The summed E-state index contributed by atoms with van der Waals surface area (Å²) in [4.78, 5) is 14.1. The van der Waals surface area contributed by atoms with Gasteiger partial charge in [-0.15, -0.1) is 0 Å². The standard InChI is InChI=1S/C18H19F2N9/c1-9(24-16-10(6-21)15(22)26-17(23)27-16)14-13(29-7-18(19,20)8-29)5-12-11(25-14)3-4-28(12)2/h3-5,9H,7-8H2,1-2H3,(H5,22,23,24,26,27)/t9-/m1/s1. The highest BCUT2D eigenvalue weighted by Crippen LogP contribution is 2.38. The summed E-state index contributed by atoms with van der Waals surface area (Å²) in [6, 6.07) is 5.18. The third-order valence-corrected chi connectivity index (χ3v) is 4.89. The highest BCUT2D eigenvalue weighted by Gasteiger charge is 2.45. The van der Waals surface area contributed by atoms with Crippen LogP contribution in [0, 0.1) is 11.3 Å². The van der Waals surface area contributed by atoms with Gasteiger partial charge in [0, 0.05) is 13.2 Å². The Labute approximate surface area is 165 Å². The van der Waals surface area contributed by atoms with Crippen LogP contribution in [0.2, 0.25) is 0 Å². The Hall–Kier alpha value is -3.68. The topological polar surface area (TPSA) is 135 Å². The van der Waals surface area contributed by atoms with Gasteiger partial charge in [0.2, 0.25) is 5.95 Å². The monoisotopic (exact) mass is 399 g/mol. The van der Waals surface area contributed by atoms with E-state index in [9.17, 15) is 14.0 Å². The van der Waals surface area contributed by atoms with Crippen molar-refractivity contribution in [1.82, 2.24) is 19.5 Å². The second kappa shape index (κ2) is 6.44. The Morgan fingerprint density at radius 3 is 2.66 bits per heavy atom. The van der Waals surface area contributed by atoms with Crippen LogP contribution in [-0.2, 0) is 7.05 Å². The molecule has 3 aromatic heterocycles. The van der Waals surface area contributed by atoms with Gasteiger partial charge >= 0.3 is 0 Å². The number of nitriles is 1. The molecule has 0 aromatic carbocycles. The van der Waals surface area contributed by atoms with Crippen LogP contribution in [0.5, 0.6) is 0 Å². The molecule has 1 aliphatic rings. The van der Waals surface area contributed by atoms with E-state index in [-0.39, 0.29) is 36.2 Å². The zero-order valence-electron chi connectivity index (χ0n) is 15.8. The van der Waals surface area contributed by atoms with Gasteiger partial charge in [0.05, 0.1) is 41.5 Å². The minimum atomic E-state index is -2.72. The van der Waals surface area contributed by atoms with Gasteiger partial charge in [-0.25, -0.2) is 13.8 Å². The largest absolute Gasteiger partial charge is 0.382 e. The molecular formula is C18H19F2N9. The van der Waals surface area contributed by atoms with Crippen molar-refractivity contribution in [1.29, 1.82) is 5.26 Å². The van der Waals surface area contributed by atoms with Gasteiger partial charge in [0.25, 0.3) is 5.92 Å². The lowest BCUT2D eigenvalue weighted by molar-refractivity contribution is -0.0263. The van der Waals surface area contributed by atoms with Gasteiger partial charge in [0.1, 0.15) is 17.5 Å². The molecule has 0 radical (unpaired) electrons. The number of aryl methyl sites for hydroxylation is 1. The van der Waals surface area contributed by atoms with Crippen molar-refractivity contribution in [3.05, 3.63) is 29.6 Å². The average molecular weight is 399 g/mol. The molecule has 5 N–H and O–H groups in total. The molecule has 0 spiro atoms. The van der Waals surface area contributed by atoms with Crippen molar-refractivity contribution in [3.63, 3.8) is 0 Å². The van der Waals surface area contributed by atoms with E-state index in [0.29, 0.717) is 11.4 Å². The maximum Gasteiger partial charge on any atom is 0.282 e. The van der Waals surface area contributed by atoms with Gasteiger partial charge in [-0.2, -0.15) is 15.2 Å². The van der Waals surface area contributed by atoms with Crippen LogP contribution in [0.15, 0.2) is 18.3 Å². The number of hydrogen-bond acceptors (Lipinski definition) is 8. The predicted octanol–water partition coefficient (Wildman–Crippen LogP) is 2.03. The molecule has 3 aromatic rings. The zero-order chi connectivity index (χ0) is 20.9. The molecule has 0 unspecified atom stereocenters. The van der Waals surface area contributed by atoms with E-state index in [0.717, 1.165) is 11.0 Å². The quantitative estimate of drug-likeness (QED) is 0.606. The summed E-state index contributed by atoms with van der Waals surface area (Å²) in [7, 11) is 1.87. The fourth-order valence-electron chi connectivity index (χ4n) is 3.43. The first kappa shape index (κ1) is 18.7. The molecule has 11 heteroatoms. The molecule has 1 aliphatic heterocycles. The average Bonchev–Trinajstić information content (AvgIpc) is 2.98. The summed E-state index contributed by atoms with van der Waals surface area (Å²) in [6.45, 7) is 1.05. The normalized spacial score (nSPS) is 16.3. The highest BCUT2D eigenvalue weighted by atomic mass is 19.3. The first-order valence-electron chi connectivity index (χ1n) is 8.87. The molecule has 9 nitrogen and oxygen atoms in total. The number of anilines is 4. The number of nitrogens with two attached hydrogens (primary N) is 2. The van der Waals surface area contributed by atoms with Crippen LogP contribution >= 0.6 is 0 Å². The van der Waals surface area contributed by atoms with Crippen LogP contribution in [0.1, 0.15) is 24.2 Å². The van der Waals surface area contributed by atoms with Gasteiger partial charge in [-0.05, 0) is 19.1 Å². The summed E-state index contributed by atoms with van der Waals surface area (Å²) in [6.07, 6.45) is 1.85. The van der Waals surface area contributed by atoms with Crippen LogP contribution < -0.4 is 21.7 Å². The number of fused-ring (bicyclic) bond motifs is 1. The summed E-state index contributed by atoms with van der Waals surface area (Å²) in [5.41, 5.74) is 14.2. The van der Waals surface area contributed by atoms with E-state index in [2.05, 4.69) is 20.3 Å². The molecule has 1 atom stereocenters. The van der Waals surface area contributed by atoms with E-state index in [1.54, 1.807) is 11.8 Å². The smallest absolute Gasteiger partial charge is 0.282 e. The minimum Gasteiger partial charge on any atom is -0.382 e. The van der Waals surface area contributed by atoms with Gasteiger partial charge < -0.3 is 26.3 Å². The second-order valence-electron chi connectivity index (χ2n) is 7.10. The van der Waals surface area contributed by atoms with Crippen LogP contribution in [0.4, 0.5) is 32.1 Å². The number of alkyl halides is 2. The van der Waals surface area contributed by atoms with Gasteiger partial charge in [-0.1, -0.05) is 0 Å². The van der Waals surface area contributed by atoms with Crippen molar-refractivity contribution < 1.29 is 8.78 Å². The van der Waals surface area contributed by atoms with Gasteiger partial charge in [-0.3, -0.25) is 0 Å². The van der Waals surface area contributed by atoms with Crippen LogP contribution in [0.25, 0.3) is 11.0 Å². The third kappa shape index (κ3) is 3.22. The Kier molecular flexibility index (Phi) is 4.15. The summed E-state index contributed by atoms with van der Waals surface area (Å²) < 4.78 is 28.9. The molecule has 4 heterocycles. The van der Waals surface area contributed by atoms with Crippen molar-refractivity contribution in [2.24, 2.45) is 7.05 Å². The Balaban J connectivity index is 1.76. The van der Waals surface area contributed by atoms with Crippen LogP contribution in [0.3, 0.4) is 0 Å². The van der Waals surface area contributed by atoms with E-state index >= 15 is 0 Å². The van der Waals surface area contributed by atoms with Crippen molar-refractivity contribution in [3.8, 4) is 6.07 Å². The van der Waals surface area contributed by atoms with E-state index in [1.165, 1.54) is 0 Å². The van der Waals surface area contributed by atoms with E-state index < -0.39 is 12.0 Å². The molecule has 4 rings (SSSR count). The van der Waals surface area contributed by atoms with E-state index in [4.69, 9.17) is 11.5 Å². The molecule has 0 amide bonds. The number of nitrogen functional groups attached to an aromatic ring is 2. The number of aromatic nitrogens is 4. The summed E-state index contributed by atoms with van der Waals surface area (Å²) in [5.74, 6) is -2.67. The zero-order valence-corrected chi connectivity index (χ0v) is 15.8. The van der Waals surface area contributed by atoms with Crippen molar-refractivity contribution in [2.75, 3.05) is 34.8 Å².